The van der Waals surface area contributed by atoms with Crippen LogP contribution in [0.5, 0.6) is 0 Å². The molecule has 4 rings (SSSR count). The van der Waals surface area contributed by atoms with Gasteiger partial charge in [0.05, 0.1) is 25.5 Å². The molecular weight excluding hydrogens is 342 g/mol. The predicted molar refractivity (Wildman–Crippen MR) is 90.4 cm³/mol. The molecule has 0 spiro atoms. The summed E-state index contributed by atoms with van der Waals surface area (Å²) in [5.74, 6) is -2.36. The average Bonchev–Trinajstić information content (AvgIpc) is 3.05. The molecule has 2 aromatic rings. The predicted octanol–water partition coefficient (Wildman–Crippen LogP) is 1.66. The first-order chi connectivity index (χ1) is 12.4. The second kappa shape index (κ2) is 6.30. The molecule has 2 aromatic heterocycles. The van der Waals surface area contributed by atoms with Crippen LogP contribution in [-0.2, 0) is 4.79 Å². The van der Waals surface area contributed by atoms with Gasteiger partial charge in [-0.3, -0.25) is 4.79 Å². The van der Waals surface area contributed by atoms with Crippen molar-refractivity contribution in [2.45, 2.75) is 25.7 Å². The smallest absolute Gasteiger partial charge is 0.282 e. The summed E-state index contributed by atoms with van der Waals surface area (Å²) in [6, 6.07) is 0. The molecule has 0 saturated carbocycles. The molecule has 138 valence electrons. The van der Waals surface area contributed by atoms with Gasteiger partial charge in [0.1, 0.15) is 12.0 Å². The standard InChI is InChI=1S/C17H20F2N6O/c1-12-6-22-25(8-12)15-14(7-20-11-21-15)23-4-2-13(3-5-23)16(26)24-9-17(18,19)10-24/h6-8,11,13H,2-5,9-10H2,1H3. The Kier molecular flexibility index (Phi) is 4.08. The molecule has 9 heteroatoms. The summed E-state index contributed by atoms with van der Waals surface area (Å²) >= 11 is 0. The van der Waals surface area contributed by atoms with Crippen molar-refractivity contribution in [3.8, 4) is 5.82 Å². The van der Waals surface area contributed by atoms with Gasteiger partial charge < -0.3 is 9.80 Å². The lowest BCUT2D eigenvalue weighted by Crippen LogP contribution is -2.60. The highest BCUT2D eigenvalue weighted by atomic mass is 19.3. The number of hydrogen-bond acceptors (Lipinski definition) is 5. The van der Waals surface area contributed by atoms with Crippen molar-refractivity contribution in [1.29, 1.82) is 0 Å². The number of piperidine rings is 1. The van der Waals surface area contributed by atoms with Gasteiger partial charge in [0.25, 0.3) is 5.92 Å². The van der Waals surface area contributed by atoms with Crippen LogP contribution in [0.15, 0.2) is 24.9 Å². The number of nitrogens with zero attached hydrogens (tertiary/aromatic N) is 6. The van der Waals surface area contributed by atoms with Gasteiger partial charge in [-0.2, -0.15) is 5.10 Å². The van der Waals surface area contributed by atoms with Gasteiger partial charge in [-0.15, -0.1) is 0 Å². The lowest BCUT2D eigenvalue weighted by Gasteiger charge is -2.42. The van der Waals surface area contributed by atoms with E-state index in [0.717, 1.165) is 11.3 Å². The van der Waals surface area contributed by atoms with Gasteiger partial charge in [0, 0.05) is 25.2 Å². The van der Waals surface area contributed by atoms with Crippen LogP contribution in [0.25, 0.3) is 5.82 Å². The second-order valence-corrected chi connectivity index (χ2v) is 7.01. The van der Waals surface area contributed by atoms with Crippen molar-refractivity contribution in [3.05, 3.63) is 30.5 Å². The van der Waals surface area contributed by atoms with Gasteiger partial charge in [0.15, 0.2) is 5.82 Å². The van der Waals surface area contributed by atoms with Gasteiger partial charge in [-0.05, 0) is 25.3 Å². The number of alkyl halides is 2. The molecule has 0 N–H and O–H groups in total. The Bertz CT molecular complexity index is 807. The number of aryl methyl sites for hydroxylation is 1. The molecule has 0 unspecified atom stereocenters. The van der Waals surface area contributed by atoms with Crippen molar-refractivity contribution in [1.82, 2.24) is 24.6 Å². The number of rotatable bonds is 3. The molecule has 1 amide bonds. The first-order valence-corrected chi connectivity index (χ1v) is 8.66. The van der Waals surface area contributed by atoms with Crippen molar-refractivity contribution < 1.29 is 13.6 Å². The van der Waals surface area contributed by atoms with Gasteiger partial charge in [0.2, 0.25) is 5.91 Å². The molecule has 2 aliphatic rings. The summed E-state index contributed by atoms with van der Waals surface area (Å²) in [5.41, 5.74) is 1.89. The summed E-state index contributed by atoms with van der Waals surface area (Å²) in [5, 5.41) is 4.31. The lowest BCUT2D eigenvalue weighted by molar-refractivity contribution is -0.170. The fraction of sp³-hybridized carbons (Fsp3) is 0.529. The maximum absolute atomic E-state index is 13.0. The van der Waals surface area contributed by atoms with Crippen molar-refractivity contribution >= 4 is 11.6 Å². The van der Waals surface area contributed by atoms with Crippen molar-refractivity contribution in [3.63, 3.8) is 0 Å². The van der Waals surface area contributed by atoms with Gasteiger partial charge in [-0.1, -0.05) is 0 Å². The zero-order valence-electron chi connectivity index (χ0n) is 14.5. The van der Waals surface area contributed by atoms with E-state index >= 15 is 0 Å². The Balaban J connectivity index is 1.43. The normalized spacial score (nSPS) is 20.1. The summed E-state index contributed by atoms with van der Waals surface area (Å²) in [6.45, 7) is 2.38. The van der Waals surface area contributed by atoms with E-state index in [1.165, 1.54) is 11.2 Å². The van der Waals surface area contributed by atoms with E-state index in [2.05, 4.69) is 20.0 Å². The van der Waals surface area contributed by atoms with Crippen LogP contribution in [-0.4, -0.2) is 62.7 Å². The molecule has 0 radical (unpaired) electrons. The quantitative estimate of drug-likeness (QED) is 0.831. The van der Waals surface area contributed by atoms with Crippen molar-refractivity contribution in [2.75, 3.05) is 31.1 Å². The number of hydrogen-bond donors (Lipinski definition) is 0. The fourth-order valence-corrected chi connectivity index (χ4v) is 3.54. The highest BCUT2D eigenvalue weighted by molar-refractivity contribution is 5.80. The largest absolute Gasteiger partial charge is 0.367 e. The minimum absolute atomic E-state index is 0.150. The third kappa shape index (κ3) is 3.13. The first kappa shape index (κ1) is 16.9. The van der Waals surface area contributed by atoms with Crippen LogP contribution in [0, 0.1) is 12.8 Å². The summed E-state index contributed by atoms with van der Waals surface area (Å²) in [4.78, 5) is 24.2. The average molecular weight is 362 g/mol. The zero-order valence-corrected chi connectivity index (χ0v) is 14.5. The molecule has 0 aliphatic carbocycles. The van der Waals surface area contributed by atoms with Crippen LogP contribution >= 0.6 is 0 Å². The number of halogens is 2. The minimum Gasteiger partial charge on any atom is -0.367 e. The molecule has 2 aliphatic heterocycles. The fourth-order valence-electron chi connectivity index (χ4n) is 3.54. The molecule has 0 aromatic carbocycles. The van der Waals surface area contributed by atoms with E-state index in [-0.39, 0.29) is 11.8 Å². The Morgan fingerprint density at radius 1 is 1.23 bits per heavy atom. The Labute approximate surface area is 149 Å². The Hall–Kier alpha value is -2.58. The third-order valence-electron chi connectivity index (χ3n) is 4.94. The first-order valence-electron chi connectivity index (χ1n) is 8.66. The van der Waals surface area contributed by atoms with E-state index in [9.17, 15) is 13.6 Å². The van der Waals surface area contributed by atoms with E-state index in [1.54, 1.807) is 17.1 Å². The number of carbonyl (C=O) groups excluding carboxylic acids is 1. The molecule has 26 heavy (non-hydrogen) atoms. The molecule has 0 atom stereocenters. The minimum atomic E-state index is -2.71. The van der Waals surface area contributed by atoms with E-state index in [0.29, 0.717) is 31.7 Å². The van der Waals surface area contributed by atoms with Crippen LogP contribution in [0.3, 0.4) is 0 Å². The van der Waals surface area contributed by atoms with Crippen molar-refractivity contribution in [2.24, 2.45) is 5.92 Å². The monoisotopic (exact) mass is 362 g/mol. The van der Waals surface area contributed by atoms with Crippen LogP contribution < -0.4 is 4.90 Å². The Morgan fingerprint density at radius 3 is 2.58 bits per heavy atom. The van der Waals surface area contributed by atoms with Crippen LogP contribution in [0.4, 0.5) is 14.5 Å². The van der Waals surface area contributed by atoms with Crippen LogP contribution in [0.1, 0.15) is 18.4 Å². The number of amides is 1. The molecular formula is C17H20F2N6O. The number of anilines is 1. The van der Waals surface area contributed by atoms with E-state index in [1.807, 2.05) is 13.1 Å². The summed E-state index contributed by atoms with van der Waals surface area (Å²) < 4.78 is 27.7. The highest BCUT2D eigenvalue weighted by Gasteiger charge is 2.47. The molecule has 7 nitrogen and oxygen atoms in total. The lowest BCUT2D eigenvalue weighted by atomic mass is 9.93. The summed E-state index contributed by atoms with van der Waals surface area (Å²) in [6.07, 6.45) is 8.15. The van der Waals surface area contributed by atoms with E-state index in [4.69, 9.17) is 0 Å². The molecule has 4 heterocycles. The number of carbonyl (C=O) groups is 1. The molecule has 0 bridgehead atoms. The maximum Gasteiger partial charge on any atom is 0.282 e. The second-order valence-electron chi connectivity index (χ2n) is 7.01. The maximum atomic E-state index is 13.0. The number of aromatic nitrogens is 4. The zero-order chi connectivity index (χ0) is 18.3. The SMILES string of the molecule is Cc1cnn(-c2ncncc2N2CCC(C(=O)N3CC(F)(F)C3)CC2)c1. The van der Waals surface area contributed by atoms with Gasteiger partial charge >= 0.3 is 0 Å². The number of likely N-dealkylation sites (tertiary alicyclic amines) is 1. The molecule has 2 saturated heterocycles. The molecule has 2 fully saturated rings. The van der Waals surface area contributed by atoms with Gasteiger partial charge in [-0.25, -0.2) is 23.4 Å². The highest BCUT2D eigenvalue weighted by Crippen LogP contribution is 2.32. The summed E-state index contributed by atoms with van der Waals surface area (Å²) in [7, 11) is 0. The Morgan fingerprint density at radius 2 is 1.96 bits per heavy atom. The van der Waals surface area contributed by atoms with E-state index < -0.39 is 19.0 Å². The third-order valence-corrected chi connectivity index (χ3v) is 4.94. The topological polar surface area (TPSA) is 67.2 Å². The van der Waals surface area contributed by atoms with Crippen LogP contribution in [0.2, 0.25) is 0 Å².